The van der Waals surface area contributed by atoms with Gasteiger partial charge in [-0.05, 0) is 31.3 Å². The lowest BCUT2D eigenvalue weighted by Crippen LogP contribution is -2.44. The monoisotopic (exact) mass is 284 g/mol. The number of benzene rings is 1. The maximum atomic E-state index is 12.8. The minimum Gasteiger partial charge on any atom is -0.374 e. The molecular formula is C14H21FN2OS. The molecule has 0 spiro atoms. The summed E-state index contributed by atoms with van der Waals surface area (Å²) in [6, 6.07) is 6.67. The zero-order valence-corrected chi connectivity index (χ0v) is 12.1. The molecule has 1 aliphatic rings. The van der Waals surface area contributed by atoms with Gasteiger partial charge in [-0.1, -0.05) is 0 Å². The normalized spacial score (nSPS) is 19.8. The highest BCUT2D eigenvalue weighted by molar-refractivity contribution is 7.99. The zero-order chi connectivity index (χ0) is 13.5. The minimum atomic E-state index is -0.177. The van der Waals surface area contributed by atoms with Crippen molar-refractivity contribution < 1.29 is 9.13 Å². The Balaban J connectivity index is 1.63. The van der Waals surface area contributed by atoms with E-state index in [0.717, 1.165) is 43.4 Å². The lowest BCUT2D eigenvalue weighted by atomic mass is 10.3. The Hall–Kier alpha value is -0.620. The van der Waals surface area contributed by atoms with E-state index in [1.54, 1.807) is 11.8 Å². The summed E-state index contributed by atoms with van der Waals surface area (Å²) < 4.78 is 18.4. The average molecular weight is 284 g/mol. The molecule has 106 valence electrons. The van der Waals surface area contributed by atoms with Crippen LogP contribution in [0.5, 0.6) is 0 Å². The molecule has 1 aromatic carbocycles. The van der Waals surface area contributed by atoms with Gasteiger partial charge in [0.05, 0.1) is 12.7 Å². The summed E-state index contributed by atoms with van der Waals surface area (Å²) in [5.74, 6) is 0.825. The van der Waals surface area contributed by atoms with Crippen molar-refractivity contribution >= 4 is 11.8 Å². The van der Waals surface area contributed by atoms with E-state index in [2.05, 4.69) is 17.3 Å². The van der Waals surface area contributed by atoms with Gasteiger partial charge in [-0.2, -0.15) is 0 Å². The molecule has 0 bridgehead atoms. The van der Waals surface area contributed by atoms with E-state index >= 15 is 0 Å². The Morgan fingerprint density at radius 1 is 1.42 bits per heavy atom. The van der Waals surface area contributed by atoms with Crippen molar-refractivity contribution in [1.29, 1.82) is 0 Å². The van der Waals surface area contributed by atoms with E-state index < -0.39 is 0 Å². The summed E-state index contributed by atoms with van der Waals surface area (Å²) in [4.78, 5) is 3.40. The van der Waals surface area contributed by atoms with Crippen LogP contribution in [0.4, 0.5) is 4.39 Å². The van der Waals surface area contributed by atoms with Crippen LogP contribution in [0.25, 0.3) is 0 Å². The summed E-state index contributed by atoms with van der Waals surface area (Å²) in [7, 11) is 2.11. The predicted molar refractivity (Wildman–Crippen MR) is 77.2 cm³/mol. The second-order valence-corrected chi connectivity index (χ2v) is 5.93. The second-order valence-electron chi connectivity index (χ2n) is 4.76. The van der Waals surface area contributed by atoms with Gasteiger partial charge in [-0.3, -0.25) is 0 Å². The van der Waals surface area contributed by atoms with Crippen molar-refractivity contribution in [2.75, 3.05) is 45.6 Å². The van der Waals surface area contributed by atoms with Crippen LogP contribution < -0.4 is 5.32 Å². The van der Waals surface area contributed by atoms with Crippen LogP contribution in [0.3, 0.4) is 0 Å². The first-order valence-electron chi connectivity index (χ1n) is 6.63. The van der Waals surface area contributed by atoms with Gasteiger partial charge in [-0.15, -0.1) is 11.8 Å². The number of halogens is 1. The molecule has 2 rings (SSSR count). The van der Waals surface area contributed by atoms with Gasteiger partial charge >= 0.3 is 0 Å². The zero-order valence-electron chi connectivity index (χ0n) is 11.3. The molecule has 5 heteroatoms. The van der Waals surface area contributed by atoms with Crippen molar-refractivity contribution in [3.63, 3.8) is 0 Å². The Kier molecular flexibility index (Phi) is 6.10. The summed E-state index contributed by atoms with van der Waals surface area (Å²) in [5, 5.41) is 3.34. The van der Waals surface area contributed by atoms with Crippen LogP contribution in [0, 0.1) is 5.82 Å². The number of nitrogens with one attached hydrogen (secondary N) is 1. The molecule has 0 radical (unpaired) electrons. The topological polar surface area (TPSA) is 24.5 Å². The Labute approximate surface area is 118 Å². The number of likely N-dealkylation sites (N-methyl/N-ethyl adjacent to an activating group) is 1. The Morgan fingerprint density at radius 2 is 2.21 bits per heavy atom. The van der Waals surface area contributed by atoms with E-state index in [-0.39, 0.29) is 5.82 Å². The van der Waals surface area contributed by atoms with Crippen molar-refractivity contribution in [2.45, 2.75) is 11.0 Å². The van der Waals surface area contributed by atoms with E-state index in [1.165, 1.54) is 12.1 Å². The number of hydrogen-bond donors (Lipinski definition) is 1. The first-order chi connectivity index (χ1) is 9.24. The summed E-state index contributed by atoms with van der Waals surface area (Å²) in [5.41, 5.74) is 0. The lowest BCUT2D eigenvalue weighted by Gasteiger charge is -2.27. The molecule has 1 saturated heterocycles. The fraction of sp³-hybridized carbons (Fsp3) is 0.571. The summed E-state index contributed by atoms with van der Waals surface area (Å²) in [6.45, 7) is 4.66. The largest absolute Gasteiger partial charge is 0.374 e. The maximum absolute atomic E-state index is 12.8. The lowest BCUT2D eigenvalue weighted by molar-refractivity contribution is 0.0110. The van der Waals surface area contributed by atoms with Gasteiger partial charge in [0.25, 0.3) is 0 Å². The number of rotatable bonds is 6. The predicted octanol–water partition coefficient (Wildman–Crippen LogP) is 1.84. The molecule has 1 heterocycles. The molecule has 0 aliphatic carbocycles. The van der Waals surface area contributed by atoms with E-state index in [1.807, 2.05) is 12.1 Å². The summed E-state index contributed by atoms with van der Waals surface area (Å²) >= 11 is 1.75. The maximum Gasteiger partial charge on any atom is 0.123 e. The highest BCUT2D eigenvalue weighted by atomic mass is 32.2. The standard InChI is InChI=1S/C14H21FN2OS/c1-17(11-13-10-16-6-8-18-13)7-9-19-14-4-2-12(15)3-5-14/h2-5,13,16H,6-11H2,1H3. The minimum absolute atomic E-state index is 0.177. The highest BCUT2D eigenvalue weighted by Gasteiger charge is 2.15. The molecule has 0 amide bonds. The average Bonchev–Trinajstić information content (AvgIpc) is 2.42. The number of hydrogen-bond acceptors (Lipinski definition) is 4. The van der Waals surface area contributed by atoms with Gasteiger partial charge in [0.1, 0.15) is 5.82 Å². The van der Waals surface area contributed by atoms with E-state index in [9.17, 15) is 4.39 Å². The molecule has 1 N–H and O–H groups in total. The fourth-order valence-electron chi connectivity index (χ4n) is 2.03. The number of thioether (sulfide) groups is 1. The molecule has 1 fully saturated rings. The fourth-order valence-corrected chi connectivity index (χ4v) is 2.99. The van der Waals surface area contributed by atoms with Crippen molar-refractivity contribution in [3.05, 3.63) is 30.1 Å². The Morgan fingerprint density at radius 3 is 2.89 bits per heavy atom. The van der Waals surface area contributed by atoms with Gasteiger partial charge in [0.15, 0.2) is 0 Å². The molecule has 19 heavy (non-hydrogen) atoms. The molecule has 1 unspecified atom stereocenters. The van der Waals surface area contributed by atoms with E-state index in [0.29, 0.717) is 6.10 Å². The number of ether oxygens (including phenoxy) is 1. The number of morpholine rings is 1. The van der Waals surface area contributed by atoms with Crippen molar-refractivity contribution in [2.24, 2.45) is 0 Å². The third kappa shape index (κ3) is 5.48. The van der Waals surface area contributed by atoms with Gasteiger partial charge in [0, 0.05) is 36.8 Å². The van der Waals surface area contributed by atoms with Crippen LogP contribution in [-0.2, 0) is 4.74 Å². The molecule has 1 aliphatic heterocycles. The molecule has 1 aromatic rings. The van der Waals surface area contributed by atoms with Crippen LogP contribution >= 0.6 is 11.8 Å². The quantitative estimate of drug-likeness (QED) is 0.806. The third-order valence-corrected chi connectivity index (χ3v) is 4.07. The van der Waals surface area contributed by atoms with Gasteiger partial charge in [0.2, 0.25) is 0 Å². The van der Waals surface area contributed by atoms with Crippen LogP contribution in [0.15, 0.2) is 29.2 Å². The third-order valence-electron chi connectivity index (χ3n) is 3.08. The molecule has 0 aromatic heterocycles. The molecule has 1 atom stereocenters. The van der Waals surface area contributed by atoms with Crippen molar-refractivity contribution in [1.82, 2.24) is 10.2 Å². The van der Waals surface area contributed by atoms with Gasteiger partial charge in [-0.25, -0.2) is 4.39 Å². The van der Waals surface area contributed by atoms with Gasteiger partial charge < -0.3 is 15.0 Å². The molecule has 0 saturated carbocycles. The summed E-state index contributed by atoms with van der Waals surface area (Å²) in [6.07, 6.45) is 0.301. The molecule has 3 nitrogen and oxygen atoms in total. The molecular weight excluding hydrogens is 263 g/mol. The smallest absolute Gasteiger partial charge is 0.123 e. The Bertz CT molecular complexity index is 368. The second kappa shape index (κ2) is 7.85. The highest BCUT2D eigenvalue weighted by Crippen LogP contribution is 2.17. The number of nitrogens with zero attached hydrogens (tertiary/aromatic N) is 1. The van der Waals surface area contributed by atoms with Crippen LogP contribution in [0.2, 0.25) is 0 Å². The van der Waals surface area contributed by atoms with Crippen LogP contribution in [0.1, 0.15) is 0 Å². The van der Waals surface area contributed by atoms with Crippen molar-refractivity contribution in [3.8, 4) is 0 Å². The van der Waals surface area contributed by atoms with Crippen LogP contribution in [-0.4, -0.2) is 56.6 Å². The first-order valence-corrected chi connectivity index (χ1v) is 7.62. The first kappa shape index (κ1) is 14.8. The van der Waals surface area contributed by atoms with E-state index in [4.69, 9.17) is 4.74 Å². The SMILES string of the molecule is CN(CCSc1ccc(F)cc1)CC1CNCCO1.